The molecule has 2 rings (SSSR count). The monoisotopic (exact) mass is 310 g/mol. The van der Waals surface area contributed by atoms with Gasteiger partial charge in [-0.1, -0.05) is 24.6 Å². The highest BCUT2D eigenvalue weighted by Crippen LogP contribution is 2.34. The number of carbonyl (C=O) groups is 2. The number of aliphatic carboxylic acids is 1. The topological polar surface area (TPSA) is 69.6 Å². The summed E-state index contributed by atoms with van der Waals surface area (Å²) >= 11 is 5.88. The highest BCUT2D eigenvalue weighted by molar-refractivity contribution is 6.30. The van der Waals surface area contributed by atoms with Crippen LogP contribution < -0.4 is 5.32 Å². The quantitative estimate of drug-likeness (QED) is 0.898. The average molecular weight is 311 g/mol. The molecule has 1 aromatic rings. The van der Waals surface area contributed by atoms with Crippen LogP contribution in [0.1, 0.15) is 26.2 Å². The molecule has 1 aliphatic rings. The molecule has 1 unspecified atom stereocenters. The first-order valence-corrected chi connectivity index (χ1v) is 7.39. The summed E-state index contributed by atoms with van der Waals surface area (Å²) in [5.74, 6) is -0.828. The van der Waals surface area contributed by atoms with Crippen LogP contribution in [-0.4, -0.2) is 35.1 Å². The Bertz CT molecular complexity index is 549. The number of piperidine rings is 1. The fraction of sp³-hybridized carbons (Fsp3) is 0.467. The highest BCUT2D eigenvalue weighted by atomic mass is 35.5. The van der Waals surface area contributed by atoms with Crippen molar-refractivity contribution in [2.24, 2.45) is 5.41 Å². The molecule has 6 heteroatoms. The number of likely N-dealkylation sites (tertiary alicyclic amines) is 1. The number of benzene rings is 1. The van der Waals surface area contributed by atoms with E-state index in [4.69, 9.17) is 11.6 Å². The number of rotatable bonds is 3. The molecule has 5 nitrogen and oxygen atoms in total. The van der Waals surface area contributed by atoms with Gasteiger partial charge >= 0.3 is 12.0 Å². The summed E-state index contributed by atoms with van der Waals surface area (Å²) in [6.45, 7) is 2.67. The minimum absolute atomic E-state index is 0.241. The van der Waals surface area contributed by atoms with E-state index in [1.807, 2.05) is 6.92 Å². The molecule has 114 valence electrons. The zero-order valence-electron chi connectivity index (χ0n) is 11.9. The van der Waals surface area contributed by atoms with Crippen molar-refractivity contribution in [2.45, 2.75) is 26.2 Å². The number of nitrogens with one attached hydrogen (secondary N) is 1. The van der Waals surface area contributed by atoms with Crippen LogP contribution in [0.2, 0.25) is 5.02 Å². The maximum absolute atomic E-state index is 12.3. The van der Waals surface area contributed by atoms with Crippen LogP contribution in [0.15, 0.2) is 24.3 Å². The van der Waals surface area contributed by atoms with E-state index < -0.39 is 11.4 Å². The molecule has 1 atom stereocenters. The first kappa shape index (κ1) is 15.6. The van der Waals surface area contributed by atoms with Gasteiger partial charge in [0, 0.05) is 23.8 Å². The Hall–Kier alpha value is -1.75. The van der Waals surface area contributed by atoms with Gasteiger partial charge in [-0.05, 0) is 37.5 Å². The molecule has 1 fully saturated rings. The van der Waals surface area contributed by atoms with Crippen LogP contribution in [0.4, 0.5) is 10.5 Å². The molecular weight excluding hydrogens is 292 g/mol. The summed E-state index contributed by atoms with van der Waals surface area (Å²) in [5, 5.41) is 12.7. The highest BCUT2D eigenvalue weighted by Gasteiger charge is 2.42. The molecule has 1 heterocycles. The number of carboxylic acid groups (broad SMARTS) is 1. The largest absolute Gasteiger partial charge is 0.481 e. The van der Waals surface area contributed by atoms with Crippen LogP contribution in [0, 0.1) is 5.41 Å². The van der Waals surface area contributed by atoms with Crippen LogP contribution in [0.3, 0.4) is 0 Å². The molecule has 0 spiro atoms. The average Bonchev–Trinajstić information content (AvgIpc) is 2.47. The molecule has 1 aromatic carbocycles. The molecule has 21 heavy (non-hydrogen) atoms. The zero-order valence-corrected chi connectivity index (χ0v) is 12.7. The predicted octanol–water partition coefficient (Wildman–Crippen LogP) is 3.45. The van der Waals surface area contributed by atoms with E-state index in [0.29, 0.717) is 36.5 Å². The van der Waals surface area contributed by atoms with Gasteiger partial charge in [-0.3, -0.25) is 4.79 Å². The van der Waals surface area contributed by atoms with Gasteiger partial charge in [0.15, 0.2) is 0 Å². The number of hydrogen-bond acceptors (Lipinski definition) is 2. The smallest absolute Gasteiger partial charge is 0.321 e. The van der Waals surface area contributed by atoms with Gasteiger partial charge in [0.05, 0.1) is 5.41 Å². The lowest BCUT2D eigenvalue weighted by Crippen LogP contribution is -2.50. The van der Waals surface area contributed by atoms with E-state index in [9.17, 15) is 14.7 Å². The fourth-order valence-electron chi connectivity index (χ4n) is 2.69. The summed E-state index contributed by atoms with van der Waals surface area (Å²) in [7, 11) is 0. The van der Waals surface area contributed by atoms with Crippen molar-refractivity contribution in [1.82, 2.24) is 4.90 Å². The number of carboxylic acids is 1. The van der Waals surface area contributed by atoms with E-state index in [0.717, 1.165) is 0 Å². The second-order valence-corrected chi connectivity index (χ2v) is 5.84. The number of amides is 2. The second-order valence-electron chi connectivity index (χ2n) is 5.40. The Labute approximate surface area is 128 Å². The van der Waals surface area contributed by atoms with Crippen LogP contribution in [0.25, 0.3) is 0 Å². The Morgan fingerprint density at radius 3 is 2.86 bits per heavy atom. The van der Waals surface area contributed by atoms with Gasteiger partial charge in [-0.2, -0.15) is 0 Å². The molecule has 0 saturated carbocycles. The van der Waals surface area contributed by atoms with Gasteiger partial charge in [-0.15, -0.1) is 0 Å². The molecule has 1 aliphatic heterocycles. The molecule has 0 bridgehead atoms. The van der Waals surface area contributed by atoms with Crippen LogP contribution in [0.5, 0.6) is 0 Å². The first-order valence-electron chi connectivity index (χ1n) is 7.02. The zero-order chi connectivity index (χ0) is 15.5. The first-order chi connectivity index (χ1) is 9.97. The number of anilines is 1. The lowest BCUT2D eigenvalue weighted by molar-refractivity contribution is -0.152. The van der Waals surface area contributed by atoms with E-state index in [-0.39, 0.29) is 12.6 Å². The molecule has 1 saturated heterocycles. The SMILES string of the molecule is CCC1(C(=O)O)CCCN(C(=O)Nc2cccc(Cl)c2)C1. The van der Waals surface area contributed by atoms with Gasteiger partial charge in [0.25, 0.3) is 0 Å². The van der Waals surface area contributed by atoms with Crippen LogP contribution in [-0.2, 0) is 4.79 Å². The van der Waals surface area contributed by atoms with Crippen molar-refractivity contribution in [2.75, 3.05) is 18.4 Å². The number of nitrogens with zero attached hydrogens (tertiary/aromatic N) is 1. The summed E-state index contributed by atoms with van der Waals surface area (Å²) < 4.78 is 0. The van der Waals surface area contributed by atoms with Crippen molar-refractivity contribution in [1.29, 1.82) is 0 Å². The standard InChI is InChI=1S/C15H19ClN2O3/c1-2-15(13(19)20)7-4-8-18(10-15)14(21)17-12-6-3-5-11(16)9-12/h3,5-6,9H,2,4,7-8,10H2,1H3,(H,17,21)(H,19,20). The molecule has 2 amide bonds. The molecule has 2 N–H and O–H groups in total. The van der Waals surface area contributed by atoms with Gasteiger partial charge in [-0.25, -0.2) is 4.79 Å². The Kier molecular flexibility index (Phi) is 4.73. The van der Waals surface area contributed by atoms with Crippen LogP contribution >= 0.6 is 11.6 Å². The maximum Gasteiger partial charge on any atom is 0.321 e. The third-order valence-corrected chi connectivity index (χ3v) is 4.31. The number of hydrogen-bond donors (Lipinski definition) is 2. The third kappa shape index (κ3) is 3.47. The van der Waals surface area contributed by atoms with Crippen molar-refractivity contribution < 1.29 is 14.7 Å². The number of halogens is 1. The predicted molar refractivity (Wildman–Crippen MR) is 81.6 cm³/mol. The van der Waals surface area contributed by atoms with Gasteiger partial charge in [0.1, 0.15) is 0 Å². The minimum Gasteiger partial charge on any atom is -0.481 e. The molecular formula is C15H19ClN2O3. The van der Waals surface area contributed by atoms with Crippen molar-refractivity contribution in [3.05, 3.63) is 29.3 Å². The van der Waals surface area contributed by atoms with Gasteiger partial charge < -0.3 is 15.3 Å². The summed E-state index contributed by atoms with van der Waals surface area (Å²) in [4.78, 5) is 25.4. The lowest BCUT2D eigenvalue weighted by atomic mass is 9.78. The minimum atomic E-state index is -0.829. The van der Waals surface area contributed by atoms with Crippen molar-refractivity contribution in [3.8, 4) is 0 Å². The number of carbonyl (C=O) groups excluding carboxylic acids is 1. The van der Waals surface area contributed by atoms with Gasteiger partial charge in [0.2, 0.25) is 0 Å². The normalized spacial score (nSPS) is 21.9. The fourth-order valence-corrected chi connectivity index (χ4v) is 2.88. The van der Waals surface area contributed by atoms with Crippen molar-refractivity contribution in [3.63, 3.8) is 0 Å². The molecule has 0 radical (unpaired) electrons. The summed E-state index contributed by atoms with van der Waals surface area (Å²) in [6, 6.07) is 6.61. The van der Waals surface area contributed by atoms with E-state index >= 15 is 0 Å². The second kappa shape index (κ2) is 6.35. The van der Waals surface area contributed by atoms with E-state index in [2.05, 4.69) is 5.32 Å². The summed E-state index contributed by atoms with van der Waals surface area (Å²) in [5.41, 5.74) is -0.222. The third-order valence-electron chi connectivity index (χ3n) is 4.07. The Balaban J connectivity index is 2.07. The van der Waals surface area contributed by atoms with E-state index in [1.54, 1.807) is 29.2 Å². The molecule has 0 aromatic heterocycles. The van der Waals surface area contributed by atoms with E-state index in [1.165, 1.54) is 0 Å². The summed E-state index contributed by atoms with van der Waals surface area (Å²) in [6.07, 6.45) is 1.83. The Morgan fingerprint density at radius 1 is 1.48 bits per heavy atom. The maximum atomic E-state index is 12.3. The lowest BCUT2D eigenvalue weighted by Gasteiger charge is -2.39. The van der Waals surface area contributed by atoms with Crippen molar-refractivity contribution >= 4 is 29.3 Å². The Morgan fingerprint density at radius 2 is 2.24 bits per heavy atom. The molecule has 0 aliphatic carbocycles. The number of urea groups is 1.